The molecule has 0 aliphatic carbocycles. The van der Waals surface area contributed by atoms with Gasteiger partial charge in [-0.1, -0.05) is 0 Å². The van der Waals surface area contributed by atoms with Crippen LogP contribution in [0.4, 0.5) is 11.4 Å². The van der Waals surface area contributed by atoms with Crippen molar-refractivity contribution in [1.82, 2.24) is 14.9 Å². The second-order valence-corrected chi connectivity index (χ2v) is 5.30. The monoisotopic (exact) mass is 382 g/mol. The molecule has 0 unspecified atom stereocenters. The number of rotatable bonds is 6. The molecule has 3 rings (SSSR count). The average molecular weight is 382 g/mol. The minimum absolute atomic E-state index is 0.153. The Balaban J connectivity index is 1.75. The molecule has 0 saturated carbocycles. The van der Waals surface area contributed by atoms with Gasteiger partial charge >= 0.3 is 5.97 Å². The van der Waals surface area contributed by atoms with Gasteiger partial charge in [0, 0.05) is 12.1 Å². The van der Waals surface area contributed by atoms with Crippen LogP contribution < -0.4 is 4.74 Å². The number of hydrogen-bond acceptors (Lipinski definition) is 9. The maximum atomic E-state index is 12.2. The molecule has 1 heterocycles. The van der Waals surface area contributed by atoms with Crippen molar-refractivity contribution in [3.8, 4) is 5.75 Å². The van der Waals surface area contributed by atoms with Crippen molar-refractivity contribution >= 4 is 23.6 Å². The number of benzene rings is 2. The average Bonchev–Trinajstić information content (AvgIpc) is 3.20. The van der Waals surface area contributed by atoms with Crippen molar-refractivity contribution in [2.24, 2.45) is 5.10 Å². The van der Waals surface area contributed by atoms with E-state index in [2.05, 4.69) is 15.3 Å². The summed E-state index contributed by atoms with van der Waals surface area (Å²) < 4.78 is 6.51. The third-order valence-corrected chi connectivity index (χ3v) is 3.40. The molecule has 0 aliphatic rings. The lowest BCUT2D eigenvalue weighted by molar-refractivity contribution is -0.394. The zero-order valence-electron chi connectivity index (χ0n) is 13.9. The van der Waals surface area contributed by atoms with Crippen LogP contribution in [-0.4, -0.2) is 36.9 Å². The summed E-state index contributed by atoms with van der Waals surface area (Å²) in [6.07, 6.45) is 4.34. The van der Waals surface area contributed by atoms with Crippen LogP contribution in [0.1, 0.15) is 15.9 Å². The van der Waals surface area contributed by atoms with E-state index in [0.717, 1.165) is 18.2 Å². The molecule has 28 heavy (non-hydrogen) atoms. The first-order chi connectivity index (χ1) is 13.4. The molecule has 12 heteroatoms. The van der Waals surface area contributed by atoms with Crippen molar-refractivity contribution in [2.45, 2.75) is 0 Å². The number of carbonyl (C=O) groups excluding carboxylic acids is 1. The number of hydrogen-bond donors (Lipinski definition) is 0. The molecule has 0 saturated heterocycles. The van der Waals surface area contributed by atoms with Crippen LogP contribution in [-0.2, 0) is 0 Å². The van der Waals surface area contributed by atoms with Crippen LogP contribution >= 0.6 is 0 Å². The summed E-state index contributed by atoms with van der Waals surface area (Å²) >= 11 is 0. The topological polar surface area (TPSA) is 156 Å². The van der Waals surface area contributed by atoms with Gasteiger partial charge in [0.25, 0.3) is 11.4 Å². The van der Waals surface area contributed by atoms with Crippen molar-refractivity contribution in [2.75, 3.05) is 0 Å². The Kier molecular flexibility index (Phi) is 5.12. The largest absolute Gasteiger partial charge is 0.423 e. The van der Waals surface area contributed by atoms with Gasteiger partial charge in [-0.05, 0) is 29.8 Å². The van der Waals surface area contributed by atoms with Crippen molar-refractivity contribution in [1.29, 1.82) is 0 Å². The van der Waals surface area contributed by atoms with Gasteiger partial charge in [0.1, 0.15) is 18.4 Å². The van der Waals surface area contributed by atoms with E-state index in [1.165, 1.54) is 35.7 Å². The van der Waals surface area contributed by atoms with Crippen molar-refractivity contribution < 1.29 is 19.4 Å². The lowest BCUT2D eigenvalue weighted by Crippen LogP contribution is -2.09. The minimum Gasteiger partial charge on any atom is -0.423 e. The molecule has 0 fully saturated rings. The van der Waals surface area contributed by atoms with Crippen LogP contribution in [0.2, 0.25) is 0 Å². The Morgan fingerprint density at radius 3 is 2.11 bits per heavy atom. The summed E-state index contributed by atoms with van der Waals surface area (Å²) in [5.74, 6) is -0.807. The zero-order chi connectivity index (χ0) is 20.1. The van der Waals surface area contributed by atoms with Gasteiger partial charge in [-0.15, -0.1) is 10.2 Å². The summed E-state index contributed by atoms with van der Waals surface area (Å²) in [5.41, 5.74) is -0.776. The van der Waals surface area contributed by atoms with Crippen LogP contribution in [0, 0.1) is 20.2 Å². The lowest BCUT2D eigenvalue weighted by Gasteiger charge is -2.05. The highest BCUT2D eigenvalue weighted by Crippen LogP contribution is 2.24. The predicted octanol–water partition coefficient (Wildman–Crippen LogP) is 2.20. The highest BCUT2D eigenvalue weighted by Gasteiger charge is 2.21. The normalized spacial score (nSPS) is 10.7. The van der Waals surface area contributed by atoms with Gasteiger partial charge < -0.3 is 4.74 Å². The SMILES string of the molecule is O=C(Oc1ccc(C=Nn2cnnc2)cc1)c1cc([N+](=O)[O-])cc([N+](=O)[O-])c1. The molecule has 1 aromatic heterocycles. The van der Waals surface area contributed by atoms with E-state index < -0.39 is 27.2 Å². The number of nitrogens with zero attached hydrogens (tertiary/aromatic N) is 6. The molecule has 0 spiro atoms. The van der Waals surface area contributed by atoms with Crippen LogP contribution in [0.5, 0.6) is 5.75 Å². The number of non-ortho nitro benzene ring substituents is 2. The standard InChI is InChI=1S/C16H10N6O6/c23-16(12-5-13(21(24)25)7-14(6-12)22(26)27)28-15-3-1-11(2-4-15)8-19-20-9-17-18-10-20/h1-10H. The van der Waals surface area contributed by atoms with Crippen LogP contribution in [0.25, 0.3) is 0 Å². The van der Waals surface area contributed by atoms with Crippen LogP contribution in [0.15, 0.2) is 60.2 Å². The number of aromatic nitrogens is 3. The molecule has 0 atom stereocenters. The first-order valence-corrected chi connectivity index (χ1v) is 7.57. The molecule has 2 aromatic carbocycles. The molecule has 3 aromatic rings. The minimum atomic E-state index is -0.960. The van der Waals surface area contributed by atoms with Gasteiger partial charge in [0.05, 0.1) is 27.7 Å². The fourth-order valence-electron chi connectivity index (χ4n) is 2.10. The summed E-state index contributed by atoms with van der Waals surface area (Å²) in [7, 11) is 0. The van der Waals surface area contributed by atoms with Gasteiger partial charge in [0.15, 0.2) is 0 Å². The highest BCUT2D eigenvalue weighted by atomic mass is 16.6. The van der Waals surface area contributed by atoms with Gasteiger partial charge in [-0.25, -0.2) is 9.47 Å². The fraction of sp³-hybridized carbons (Fsp3) is 0. The second-order valence-electron chi connectivity index (χ2n) is 5.30. The molecule has 140 valence electrons. The zero-order valence-corrected chi connectivity index (χ0v) is 13.9. The summed E-state index contributed by atoms with van der Waals surface area (Å²) in [6, 6.07) is 8.79. The van der Waals surface area contributed by atoms with E-state index in [1.54, 1.807) is 12.1 Å². The molecule has 0 amide bonds. The molecular formula is C16H10N6O6. The Labute approximate surface area is 156 Å². The summed E-state index contributed by atoms with van der Waals surface area (Å²) in [4.78, 5) is 32.4. The Morgan fingerprint density at radius 2 is 1.57 bits per heavy atom. The van der Waals surface area contributed by atoms with E-state index in [9.17, 15) is 25.0 Å². The Morgan fingerprint density at radius 1 is 1.00 bits per heavy atom. The van der Waals surface area contributed by atoms with E-state index in [-0.39, 0.29) is 11.3 Å². The second kappa shape index (κ2) is 7.82. The Bertz CT molecular complexity index is 1030. The molecule has 0 aliphatic heterocycles. The molecule has 0 N–H and O–H groups in total. The third kappa shape index (κ3) is 4.37. The van der Waals surface area contributed by atoms with Crippen molar-refractivity contribution in [3.05, 3.63) is 86.5 Å². The van der Waals surface area contributed by atoms with Gasteiger partial charge in [-0.3, -0.25) is 20.2 Å². The van der Waals surface area contributed by atoms with E-state index >= 15 is 0 Å². The number of ether oxygens (including phenoxy) is 1. The quantitative estimate of drug-likeness (QED) is 0.206. The van der Waals surface area contributed by atoms with Gasteiger partial charge in [0.2, 0.25) is 0 Å². The maximum absolute atomic E-state index is 12.2. The van der Waals surface area contributed by atoms with Crippen LogP contribution in [0.3, 0.4) is 0 Å². The van der Waals surface area contributed by atoms with Gasteiger partial charge in [-0.2, -0.15) is 5.10 Å². The molecule has 12 nitrogen and oxygen atoms in total. The van der Waals surface area contributed by atoms with E-state index in [4.69, 9.17) is 4.74 Å². The molecule has 0 radical (unpaired) electrons. The third-order valence-electron chi connectivity index (χ3n) is 3.40. The smallest absolute Gasteiger partial charge is 0.344 e. The first kappa shape index (κ1) is 18.3. The van der Waals surface area contributed by atoms with E-state index in [0.29, 0.717) is 5.56 Å². The Hall–Kier alpha value is -4.48. The molecular weight excluding hydrogens is 372 g/mol. The molecule has 0 bridgehead atoms. The maximum Gasteiger partial charge on any atom is 0.344 e. The highest BCUT2D eigenvalue weighted by molar-refractivity contribution is 5.92. The predicted molar refractivity (Wildman–Crippen MR) is 94.2 cm³/mol. The summed E-state index contributed by atoms with van der Waals surface area (Å²) in [5, 5.41) is 33.1. The number of nitro benzene ring substituents is 2. The van der Waals surface area contributed by atoms with Crippen molar-refractivity contribution in [3.63, 3.8) is 0 Å². The number of carbonyl (C=O) groups is 1. The fourth-order valence-corrected chi connectivity index (χ4v) is 2.10. The first-order valence-electron chi connectivity index (χ1n) is 7.57. The lowest BCUT2D eigenvalue weighted by atomic mass is 10.1. The number of esters is 1. The number of nitro groups is 2. The summed E-state index contributed by atoms with van der Waals surface area (Å²) in [6.45, 7) is 0. The van der Waals surface area contributed by atoms with E-state index in [1.807, 2.05) is 0 Å².